The van der Waals surface area contributed by atoms with Crippen LogP contribution in [0, 0.1) is 5.82 Å². The van der Waals surface area contributed by atoms with Crippen molar-refractivity contribution in [3.63, 3.8) is 0 Å². The molecule has 1 aliphatic heterocycles. The maximum Gasteiger partial charge on any atom is 0.344 e. The minimum atomic E-state index is -0.707. The monoisotopic (exact) mass is 459 g/mol. The first-order valence-corrected chi connectivity index (χ1v) is 10.4. The average Bonchev–Trinajstić information content (AvgIpc) is 3.09. The van der Waals surface area contributed by atoms with Crippen molar-refractivity contribution in [1.82, 2.24) is 0 Å². The third kappa shape index (κ3) is 4.72. The fraction of sp³-hybridized carbons (Fsp3) is 0.217. The standard InChI is InChI=1S/C23H22FNO6S/c1-5-31-23(27)18-19(26)17(32-22(18)25-15-9-7-14(24)8-10-15)12-13-6-11-16(28-2)21(30-4)20(13)29-3/h6-12,26H,5H2,1-4H3/b17-12+,25-22?. The number of carbonyl (C=O) groups excluding carboxylic acids is 1. The van der Waals surface area contributed by atoms with E-state index >= 15 is 0 Å². The Balaban J connectivity index is 2.11. The molecule has 7 nitrogen and oxygen atoms in total. The number of hydrogen-bond donors (Lipinski definition) is 1. The molecule has 0 aliphatic carbocycles. The van der Waals surface area contributed by atoms with Gasteiger partial charge < -0.3 is 24.1 Å². The van der Waals surface area contributed by atoms with Gasteiger partial charge in [-0.2, -0.15) is 0 Å². The minimum Gasteiger partial charge on any atom is -0.506 e. The van der Waals surface area contributed by atoms with Gasteiger partial charge in [-0.25, -0.2) is 14.2 Å². The molecule has 0 spiro atoms. The fourth-order valence-corrected chi connectivity index (χ4v) is 4.03. The second-order valence-electron chi connectivity index (χ2n) is 6.37. The van der Waals surface area contributed by atoms with Gasteiger partial charge in [-0.05, 0) is 49.4 Å². The third-order valence-corrected chi connectivity index (χ3v) is 5.47. The number of benzene rings is 2. The summed E-state index contributed by atoms with van der Waals surface area (Å²) >= 11 is 1.08. The van der Waals surface area contributed by atoms with Gasteiger partial charge in [0, 0.05) is 5.56 Å². The number of nitrogens with zero attached hydrogens (tertiary/aromatic N) is 1. The van der Waals surface area contributed by atoms with Crippen molar-refractivity contribution in [2.75, 3.05) is 27.9 Å². The van der Waals surface area contributed by atoms with Crippen LogP contribution in [0.15, 0.2) is 57.6 Å². The molecule has 168 valence electrons. The normalized spacial score (nSPS) is 15.9. The molecule has 0 unspecified atom stereocenters. The zero-order valence-electron chi connectivity index (χ0n) is 18.0. The van der Waals surface area contributed by atoms with E-state index < -0.39 is 11.8 Å². The topological polar surface area (TPSA) is 86.6 Å². The van der Waals surface area contributed by atoms with Crippen molar-refractivity contribution in [1.29, 1.82) is 0 Å². The van der Waals surface area contributed by atoms with Crippen LogP contribution in [0.25, 0.3) is 6.08 Å². The molecular formula is C23H22FNO6S. The molecule has 32 heavy (non-hydrogen) atoms. The first-order valence-electron chi connectivity index (χ1n) is 9.57. The van der Waals surface area contributed by atoms with Gasteiger partial charge in [-0.15, -0.1) is 0 Å². The lowest BCUT2D eigenvalue weighted by molar-refractivity contribution is -0.138. The van der Waals surface area contributed by atoms with Crippen LogP contribution in [-0.2, 0) is 9.53 Å². The number of aliphatic hydroxyl groups excluding tert-OH is 1. The molecule has 3 rings (SSSR count). The molecule has 0 fully saturated rings. The molecule has 9 heteroatoms. The predicted molar refractivity (Wildman–Crippen MR) is 121 cm³/mol. The van der Waals surface area contributed by atoms with E-state index in [1.807, 2.05) is 0 Å². The van der Waals surface area contributed by atoms with Gasteiger partial charge >= 0.3 is 5.97 Å². The second-order valence-corrected chi connectivity index (χ2v) is 7.40. The van der Waals surface area contributed by atoms with E-state index in [2.05, 4.69) is 4.99 Å². The highest BCUT2D eigenvalue weighted by atomic mass is 32.2. The molecule has 0 aromatic heterocycles. The first-order chi connectivity index (χ1) is 15.4. The highest BCUT2D eigenvalue weighted by Gasteiger charge is 2.33. The Morgan fingerprint density at radius 3 is 2.34 bits per heavy atom. The van der Waals surface area contributed by atoms with Crippen molar-refractivity contribution in [3.8, 4) is 17.2 Å². The number of aliphatic hydroxyl groups is 1. The van der Waals surface area contributed by atoms with E-state index in [0.29, 0.717) is 33.4 Å². The number of rotatable bonds is 7. The van der Waals surface area contributed by atoms with Crippen molar-refractivity contribution >= 4 is 34.5 Å². The van der Waals surface area contributed by atoms with Crippen LogP contribution in [0.5, 0.6) is 17.2 Å². The number of carbonyl (C=O) groups is 1. The largest absolute Gasteiger partial charge is 0.506 e. The third-order valence-electron chi connectivity index (χ3n) is 4.45. The molecule has 0 amide bonds. The number of ether oxygens (including phenoxy) is 4. The zero-order chi connectivity index (χ0) is 23.3. The summed E-state index contributed by atoms with van der Waals surface area (Å²) in [6, 6.07) is 8.91. The van der Waals surface area contributed by atoms with Crippen molar-refractivity contribution in [2.24, 2.45) is 4.99 Å². The summed E-state index contributed by atoms with van der Waals surface area (Å²) in [5, 5.41) is 11.1. The van der Waals surface area contributed by atoms with E-state index in [-0.39, 0.29) is 23.0 Å². The fourth-order valence-electron chi connectivity index (χ4n) is 3.00. The maximum atomic E-state index is 13.2. The second kappa shape index (κ2) is 10.2. The average molecular weight is 459 g/mol. The van der Waals surface area contributed by atoms with Gasteiger partial charge in [0.2, 0.25) is 5.75 Å². The van der Waals surface area contributed by atoms with E-state index in [1.165, 1.54) is 45.6 Å². The Hall–Kier alpha value is -3.46. The van der Waals surface area contributed by atoms with Crippen LogP contribution in [0.4, 0.5) is 10.1 Å². The summed E-state index contributed by atoms with van der Waals surface area (Å²) in [7, 11) is 4.49. The summed E-state index contributed by atoms with van der Waals surface area (Å²) in [5.41, 5.74) is 0.950. The molecule has 1 heterocycles. The lowest BCUT2D eigenvalue weighted by Gasteiger charge is -2.14. The van der Waals surface area contributed by atoms with Crippen LogP contribution >= 0.6 is 11.8 Å². The minimum absolute atomic E-state index is 0.0631. The molecule has 0 radical (unpaired) electrons. The van der Waals surface area contributed by atoms with Crippen LogP contribution in [0.2, 0.25) is 0 Å². The van der Waals surface area contributed by atoms with E-state index in [0.717, 1.165) is 11.8 Å². The number of halogens is 1. The number of hydrogen-bond acceptors (Lipinski definition) is 8. The Morgan fingerprint density at radius 1 is 1.06 bits per heavy atom. The number of methoxy groups -OCH3 is 3. The first kappa shape index (κ1) is 23.2. The molecule has 0 bridgehead atoms. The Bertz CT molecular complexity index is 1110. The van der Waals surface area contributed by atoms with Crippen molar-refractivity contribution in [2.45, 2.75) is 6.92 Å². The summed E-state index contributed by atoms with van der Waals surface area (Å²) in [6.45, 7) is 1.80. The molecule has 1 aliphatic rings. The summed E-state index contributed by atoms with van der Waals surface area (Å²) in [4.78, 5) is 17.3. The summed E-state index contributed by atoms with van der Waals surface area (Å²) < 4.78 is 34.5. The predicted octanol–water partition coefficient (Wildman–Crippen LogP) is 5.04. The summed E-state index contributed by atoms with van der Waals surface area (Å²) in [6.07, 6.45) is 1.65. The SMILES string of the molecule is CCOC(=O)C1=C(O)/C(=C\c2ccc(OC)c(OC)c2OC)SC1=Nc1ccc(F)cc1. The number of esters is 1. The molecule has 0 atom stereocenters. The van der Waals surface area contributed by atoms with Crippen molar-refractivity contribution < 1.29 is 33.2 Å². The molecule has 0 saturated carbocycles. The van der Waals surface area contributed by atoms with E-state index in [4.69, 9.17) is 18.9 Å². The van der Waals surface area contributed by atoms with E-state index in [9.17, 15) is 14.3 Å². The lowest BCUT2D eigenvalue weighted by atomic mass is 10.1. The smallest absolute Gasteiger partial charge is 0.344 e. The van der Waals surface area contributed by atoms with Gasteiger partial charge in [-0.3, -0.25) is 0 Å². The highest BCUT2D eigenvalue weighted by molar-refractivity contribution is 8.18. The molecule has 1 N–H and O–H groups in total. The van der Waals surface area contributed by atoms with Gasteiger partial charge in [0.1, 0.15) is 22.2 Å². The Labute approximate surface area is 189 Å². The van der Waals surface area contributed by atoms with E-state index in [1.54, 1.807) is 25.1 Å². The van der Waals surface area contributed by atoms with Gasteiger partial charge in [0.25, 0.3) is 0 Å². The van der Waals surface area contributed by atoms with Gasteiger partial charge in [0.05, 0.1) is 38.5 Å². The number of aliphatic imine (C=N–C) groups is 1. The van der Waals surface area contributed by atoms with Crippen LogP contribution in [0.1, 0.15) is 12.5 Å². The molecule has 0 saturated heterocycles. The lowest BCUT2D eigenvalue weighted by Crippen LogP contribution is -2.12. The summed E-state index contributed by atoms with van der Waals surface area (Å²) in [5.74, 6) is -0.113. The highest BCUT2D eigenvalue weighted by Crippen LogP contribution is 2.44. The Kier molecular flexibility index (Phi) is 7.42. The van der Waals surface area contributed by atoms with Crippen LogP contribution in [0.3, 0.4) is 0 Å². The van der Waals surface area contributed by atoms with Gasteiger partial charge in [0.15, 0.2) is 11.5 Å². The van der Waals surface area contributed by atoms with Crippen LogP contribution < -0.4 is 14.2 Å². The number of thioether (sulfide) groups is 1. The van der Waals surface area contributed by atoms with Crippen molar-refractivity contribution in [3.05, 3.63) is 64.0 Å². The quantitative estimate of drug-likeness (QED) is 0.580. The molecular weight excluding hydrogens is 437 g/mol. The van der Waals surface area contributed by atoms with Gasteiger partial charge in [-0.1, -0.05) is 11.8 Å². The van der Waals surface area contributed by atoms with Crippen LogP contribution in [-0.4, -0.2) is 44.1 Å². The Morgan fingerprint density at radius 2 is 1.75 bits per heavy atom. The molecule has 2 aromatic rings. The molecule has 2 aromatic carbocycles. The maximum absolute atomic E-state index is 13.2. The zero-order valence-corrected chi connectivity index (χ0v) is 18.8.